The Morgan fingerprint density at radius 1 is 0.909 bits per heavy atom. The first-order chi connectivity index (χ1) is 10.8. The number of benzene rings is 1. The van der Waals surface area contributed by atoms with Gasteiger partial charge in [-0.25, -0.2) is 0 Å². The number of hydrogen-bond acceptors (Lipinski definition) is 4. The quantitative estimate of drug-likeness (QED) is 0.855. The van der Waals surface area contributed by atoms with Gasteiger partial charge in [0.15, 0.2) is 11.5 Å². The van der Waals surface area contributed by atoms with Crippen molar-refractivity contribution < 1.29 is 14.2 Å². The summed E-state index contributed by atoms with van der Waals surface area (Å²) in [6.45, 7) is 2.25. The van der Waals surface area contributed by atoms with Crippen LogP contribution in [0.1, 0.15) is 36.8 Å². The third-order valence-corrected chi connectivity index (χ3v) is 5.18. The van der Waals surface area contributed by atoms with E-state index < -0.39 is 0 Å². The first kappa shape index (κ1) is 15.5. The molecule has 0 aromatic heterocycles. The fraction of sp³-hybridized carbons (Fsp3) is 0.667. The van der Waals surface area contributed by atoms with Crippen molar-refractivity contribution in [3.05, 3.63) is 17.2 Å². The van der Waals surface area contributed by atoms with Crippen LogP contribution in [0.2, 0.25) is 0 Å². The smallest absolute Gasteiger partial charge is 0.203 e. The molecule has 0 N–H and O–H groups in total. The van der Waals surface area contributed by atoms with E-state index in [2.05, 4.69) is 11.0 Å². The van der Waals surface area contributed by atoms with Gasteiger partial charge >= 0.3 is 0 Å². The third kappa shape index (κ3) is 2.76. The minimum Gasteiger partial charge on any atom is -0.493 e. The molecule has 4 heteroatoms. The maximum atomic E-state index is 5.67. The van der Waals surface area contributed by atoms with Crippen LogP contribution in [-0.4, -0.2) is 45.4 Å². The summed E-state index contributed by atoms with van der Waals surface area (Å²) in [6, 6.07) is 2.92. The van der Waals surface area contributed by atoms with Gasteiger partial charge in [-0.15, -0.1) is 0 Å². The summed E-state index contributed by atoms with van der Waals surface area (Å²) in [5, 5.41) is 0. The van der Waals surface area contributed by atoms with Crippen molar-refractivity contribution in [1.82, 2.24) is 4.90 Å². The summed E-state index contributed by atoms with van der Waals surface area (Å²) in [5.41, 5.74) is 2.63. The van der Waals surface area contributed by atoms with E-state index in [0.717, 1.165) is 49.2 Å². The monoisotopic (exact) mass is 305 g/mol. The molecule has 3 rings (SSSR count). The summed E-state index contributed by atoms with van der Waals surface area (Å²) in [4.78, 5) is 2.67. The van der Waals surface area contributed by atoms with Gasteiger partial charge in [-0.05, 0) is 37.3 Å². The lowest BCUT2D eigenvalue weighted by atomic mass is 10.0. The topological polar surface area (TPSA) is 30.9 Å². The van der Waals surface area contributed by atoms with Gasteiger partial charge in [0.2, 0.25) is 5.75 Å². The molecule has 0 bridgehead atoms. The van der Waals surface area contributed by atoms with Crippen LogP contribution >= 0.6 is 0 Å². The largest absolute Gasteiger partial charge is 0.493 e. The van der Waals surface area contributed by atoms with Crippen LogP contribution in [0.4, 0.5) is 0 Å². The number of methoxy groups -OCH3 is 3. The summed E-state index contributed by atoms with van der Waals surface area (Å²) >= 11 is 0. The van der Waals surface area contributed by atoms with Crippen molar-refractivity contribution in [2.45, 2.75) is 44.6 Å². The SMILES string of the molecule is COc1cc2c(c(OC)c1OC)CCN(C1CCCC1)CC2. The molecule has 4 nitrogen and oxygen atoms in total. The van der Waals surface area contributed by atoms with Crippen LogP contribution in [0.5, 0.6) is 17.2 Å². The third-order valence-electron chi connectivity index (χ3n) is 5.18. The van der Waals surface area contributed by atoms with Crippen molar-refractivity contribution in [2.24, 2.45) is 0 Å². The molecule has 22 heavy (non-hydrogen) atoms. The second-order valence-electron chi connectivity index (χ2n) is 6.26. The fourth-order valence-corrected chi connectivity index (χ4v) is 4.03. The second-order valence-corrected chi connectivity index (χ2v) is 6.26. The molecule has 1 aromatic carbocycles. The molecular weight excluding hydrogens is 278 g/mol. The van der Waals surface area contributed by atoms with Gasteiger partial charge in [-0.2, -0.15) is 0 Å². The average Bonchev–Trinajstić information content (AvgIpc) is 3.00. The van der Waals surface area contributed by atoms with Gasteiger partial charge in [-0.3, -0.25) is 4.90 Å². The lowest BCUT2D eigenvalue weighted by Crippen LogP contribution is -2.35. The first-order valence-electron chi connectivity index (χ1n) is 8.33. The number of fused-ring (bicyclic) bond motifs is 1. The number of hydrogen-bond donors (Lipinski definition) is 0. The Hall–Kier alpha value is -1.42. The molecule has 122 valence electrons. The molecule has 1 fully saturated rings. The lowest BCUT2D eigenvalue weighted by Gasteiger charge is -2.26. The first-order valence-corrected chi connectivity index (χ1v) is 8.33. The molecule has 1 aliphatic heterocycles. The van der Waals surface area contributed by atoms with Crippen molar-refractivity contribution in [2.75, 3.05) is 34.4 Å². The summed E-state index contributed by atoms with van der Waals surface area (Å²) in [6.07, 6.45) is 7.58. The van der Waals surface area contributed by atoms with E-state index in [9.17, 15) is 0 Å². The summed E-state index contributed by atoms with van der Waals surface area (Å²) < 4.78 is 16.7. The van der Waals surface area contributed by atoms with Crippen molar-refractivity contribution >= 4 is 0 Å². The Labute approximate surface area is 133 Å². The van der Waals surface area contributed by atoms with E-state index >= 15 is 0 Å². The molecule has 1 aromatic rings. The van der Waals surface area contributed by atoms with E-state index in [0.29, 0.717) is 0 Å². The Kier molecular flexibility index (Phi) is 4.77. The van der Waals surface area contributed by atoms with Gasteiger partial charge in [0, 0.05) is 24.7 Å². The highest BCUT2D eigenvalue weighted by Crippen LogP contribution is 2.43. The predicted molar refractivity (Wildman–Crippen MR) is 87.3 cm³/mol. The highest BCUT2D eigenvalue weighted by atomic mass is 16.5. The number of nitrogens with zero attached hydrogens (tertiary/aromatic N) is 1. The number of ether oxygens (including phenoxy) is 3. The van der Waals surface area contributed by atoms with Gasteiger partial charge < -0.3 is 14.2 Å². The maximum Gasteiger partial charge on any atom is 0.203 e. The zero-order valence-electron chi connectivity index (χ0n) is 14.0. The van der Waals surface area contributed by atoms with E-state index in [1.165, 1.54) is 36.8 Å². The molecule has 2 aliphatic rings. The Morgan fingerprint density at radius 3 is 2.23 bits per heavy atom. The molecular formula is C18H27NO3. The Morgan fingerprint density at radius 2 is 1.59 bits per heavy atom. The summed E-state index contributed by atoms with van der Waals surface area (Å²) in [5.74, 6) is 2.34. The molecule has 0 saturated heterocycles. The zero-order chi connectivity index (χ0) is 15.5. The molecule has 0 atom stereocenters. The lowest BCUT2D eigenvalue weighted by molar-refractivity contribution is 0.208. The van der Waals surface area contributed by atoms with Gasteiger partial charge in [-0.1, -0.05) is 12.8 Å². The van der Waals surface area contributed by atoms with Crippen molar-refractivity contribution in [1.29, 1.82) is 0 Å². The average molecular weight is 305 g/mol. The van der Waals surface area contributed by atoms with E-state index in [-0.39, 0.29) is 0 Å². The standard InChI is InChI=1S/C18H27NO3/c1-20-16-12-13-8-10-19(14-6-4-5-7-14)11-9-15(13)17(21-2)18(16)22-3/h12,14H,4-11H2,1-3H3. The molecule has 1 aliphatic carbocycles. The normalized spacial score (nSPS) is 19.6. The van der Waals surface area contributed by atoms with Crippen LogP contribution in [0.3, 0.4) is 0 Å². The zero-order valence-corrected chi connectivity index (χ0v) is 14.0. The van der Waals surface area contributed by atoms with Gasteiger partial charge in [0.05, 0.1) is 21.3 Å². The minimum absolute atomic E-state index is 0.720. The van der Waals surface area contributed by atoms with Crippen LogP contribution < -0.4 is 14.2 Å². The molecule has 1 saturated carbocycles. The van der Waals surface area contributed by atoms with E-state index in [1.54, 1.807) is 21.3 Å². The number of rotatable bonds is 4. The molecule has 0 amide bonds. The van der Waals surface area contributed by atoms with Crippen molar-refractivity contribution in [3.8, 4) is 17.2 Å². The predicted octanol–water partition coefficient (Wildman–Crippen LogP) is 3.06. The highest BCUT2D eigenvalue weighted by Gasteiger charge is 2.27. The molecule has 0 radical (unpaired) electrons. The molecule has 0 spiro atoms. The second kappa shape index (κ2) is 6.78. The van der Waals surface area contributed by atoms with E-state index in [4.69, 9.17) is 14.2 Å². The van der Waals surface area contributed by atoms with E-state index in [1.807, 2.05) is 0 Å². The van der Waals surface area contributed by atoms with Crippen molar-refractivity contribution in [3.63, 3.8) is 0 Å². The summed E-state index contributed by atoms with van der Waals surface area (Å²) in [7, 11) is 5.08. The van der Waals surface area contributed by atoms with Gasteiger partial charge in [0.25, 0.3) is 0 Å². The maximum absolute atomic E-state index is 5.67. The Balaban J connectivity index is 1.90. The fourth-order valence-electron chi connectivity index (χ4n) is 4.03. The van der Waals surface area contributed by atoms with Crippen LogP contribution in [0, 0.1) is 0 Å². The molecule has 1 heterocycles. The van der Waals surface area contributed by atoms with Crippen LogP contribution in [-0.2, 0) is 12.8 Å². The van der Waals surface area contributed by atoms with Crippen LogP contribution in [0.15, 0.2) is 6.07 Å². The molecule has 0 unspecified atom stereocenters. The van der Waals surface area contributed by atoms with Gasteiger partial charge in [0.1, 0.15) is 0 Å². The minimum atomic E-state index is 0.720. The highest BCUT2D eigenvalue weighted by molar-refractivity contribution is 5.59. The van der Waals surface area contributed by atoms with Crippen LogP contribution in [0.25, 0.3) is 0 Å². The Bertz CT molecular complexity index is 524.